The van der Waals surface area contributed by atoms with Crippen molar-refractivity contribution in [1.29, 1.82) is 0 Å². The molecule has 0 aromatic heterocycles. The minimum Gasteiger partial charge on any atom is -0.379 e. The van der Waals surface area contributed by atoms with Crippen LogP contribution in [0.3, 0.4) is 0 Å². The van der Waals surface area contributed by atoms with Gasteiger partial charge in [0, 0.05) is 13.1 Å². The molecule has 0 aliphatic carbocycles. The molecule has 0 amide bonds. The summed E-state index contributed by atoms with van der Waals surface area (Å²) in [7, 11) is 0. The van der Waals surface area contributed by atoms with E-state index in [9.17, 15) is 13.2 Å². The van der Waals surface area contributed by atoms with Crippen molar-refractivity contribution in [3.63, 3.8) is 0 Å². The van der Waals surface area contributed by atoms with Crippen LogP contribution in [0, 0.1) is 5.92 Å². The first kappa shape index (κ1) is 8.80. The maximum Gasteiger partial charge on any atom is 0.395 e. The van der Waals surface area contributed by atoms with Crippen LogP contribution in [0.1, 0.15) is 0 Å². The lowest BCUT2D eigenvalue weighted by molar-refractivity contribution is -0.183. The number of hydrogen-bond donors (Lipinski definition) is 1. The van der Waals surface area contributed by atoms with E-state index in [2.05, 4.69) is 5.32 Å². The van der Waals surface area contributed by atoms with E-state index in [0.29, 0.717) is 13.2 Å². The van der Waals surface area contributed by atoms with Crippen LogP contribution >= 0.6 is 0 Å². The second-order valence-corrected chi connectivity index (χ2v) is 2.52. The number of rotatable bonds is 0. The predicted octanol–water partition coefficient (Wildman–Crippen LogP) is 0.785. The summed E-state index contributed by atoms with van der Waals surface area (Å²) in [6.45, 7) is 0.638. The van der Waals surface area contributed by atoms with Crippen LogP contribution in [0.15, 0.2) is 0 Å². The van der Waals surface area contributed by atoms with Gasteiger partial charge in [-0.05, 0) is 0 Å². The average Bonchev–Trinajstić information content (AvgIpc) is 2.10. The molecule has 11 heavy (non-hydrogen) atoms. The molecule has 0 saturated carbocycles. The predicted molar refractivity (Wildman–Crippen MR) is 33.2 cm³/mol. The van der Waals surface area contributed by atoms with Gasteiger partial charge in [0.25, 0.3) is 0 Å². The summed E-state index contributed by atoms with van der Waals surface area (Å²) in [6, 6.07) is 0. The van der Waals surface area contributed by atoms with Crippen molar-refractivity contribution in [1.82, 2.24) is 5.32 Å². The van der Waals surface area contributed by atoms with Crippen LogP contribution in [-0.4, -0.2) is 32.5 Å². The molecule has 1 unspecified atom stereocenters. The molecule has 1 aliphatic rings. The molecule has 5 heteroatoms. The molecule has 66 valence electrons. The molecule has 0 aromatic rings. The van der Waals surface area contributed by atoms with Crippen LogP contribution in [0.4, 0.5) is 13.2 Å². The van der Waals surface area contributed by atoms with E-state index >= 15 is 0 Å². The van der Waals surface area contributed by atoms with Gasteiger partial charge in [0.15, 0.2) is 0 Å². The van der Waals surface area contributed by atoms with E-state index in [1.807, 2.05) is 0 Å². The highest BCUT2D eigenvalue weighted by Gasteiger charge is 2.39. The number of hydrogen-bond acceptors (Lipinski definition) is 2. The lowest BCUT2D eigenvalue weighted by Gasteiger charge is -2.16. The first-order valence-corrected chi connectivity index (χ1v) is 3.46. The molecule has 1 fully saturated rings. The summed E-state index contributed by atoms with van der Waals surface area (Å²) in [5.41, 5.74) is 0. The van der Waals surface area contributed by atoms with Crippen molar-refractivity contribution in [2.75, 3.05) is 26.3 Å². The Bertz CT molecular complexity index is 117. The Labute approximate surface area is 62.7 Å². The Morgan fingerprint density at radius 1 is 1.36 bits per heavy atom. The van der Waals surface area contributed by atoms with Crippen molar-refractivity contribution >= 4 is 0 Å². The average molecular weight is 169 g/mol. The molecule has 1 N–H and O–H groups in total. The highest BCUT2D eigenvalue weighted by molar-refractivity contribution is 4.71. The molecule has 0 aromatic carbocycles. The van der Waals surface area contributed by atoms with Crippen molar-refractivity contribution in [2.24, 2.45) is 5.92 Å². The minimum atomic E-state index is -4.13. The van der Waals surface area contributed by atoms with Gasteiger partial charge in [-0.2, -0.15) is 13.2 Å². The summed E-state index contributed by atoms with van der Waals surface area (Å²) in [5, 5.41) is 2.66. The normalized spacial score (nSPS) is 28.1. The van der Waals surface area contributed by atoms with Gasteiger partial charge in [0.05, 0.1) is 19.1 Å². The number of ether oxygens (including phenoxy) is 1. The zero-order valence-corrected chi connectivity index (χ0v) is 5.95. The fourth-order valence-electron chi connectivity index (χ4n) is 0.915. The Kier molecular flexibility index (Phi) is 2.72. The first-order chi connectivity index (χ1) is 5.11. The molecule has 0 spiro atoms. The second kappa shape index (κ2) is 3.40. The molecule has 1 saturated heterocycles. The topological polar surface area (TPSA) is 21.3 Å². The largest absolute Gasteiger partial charge is 0.395 e. The van der Waals surface area contributed by atoms with Crippen molar-refractivity contribution in [3.8, 4) is 0 Å². The van der Waals surface area contributed by atoms with Crippen LogP contribution in [0.25, 0.3) is 0 Å². The summed E-state index contributed by atoms with van der Waals surface area (Å²) in [5.74, 6) is -1.34. The summed E-state index contributed by atoms with van der Waals surface area (Å²) >= 11 is 0. The van der Waals surface area contributed by atoms with Gasteiger partial charge in [0.2, 0.25) is 0 Å². The van der Waals surface area contributed by atoms with E-state index in [-0.39, 0.29) is 13.2 Å². The fourth-order valence-corrected chi connectivity index (χ4v) is 0.915. The van der Waals surface area contributed by atoms with Crippen LogP contribution in [-0.2, 0) is 4.74 Å². The van der Waals surface area contributed by atoms with Gasteiger partial charge >= 0.3 is 6.18 Å². The molecular formula is C6H10F3NO. The SMILES string of the molecule is FC(F)(F)C1CNCCOC1. The van der Waals surface area contributed by atoms with E-state index in [0.717, 1.165) is 0 Å². The molecule has 1 aliphatic heterocycles. The second-order valence-electron chi connectivity index (χ2n) is 2.52. The smallest absolute Gasteiger partial charge is 0.379 e. The van der Waals surface area contributed by atoms with Gasteiger partial charge in [-0.3, -0.25) is 0 Å². The quantitative estimate of drug-likeness (QED) is 0.578. The van der Waals surface area contributed by atoms with Gasteiger partial charge < -0.3 is 10.1 Å². The Morgan fingerprint density at radius 3 is 2.73 bits per heavy atom. The highest BCUT2D eigenvalue weighted by atomic mass is 19.4. The van der Waals surface area contributed by atoms with Crippen molar-refractivity contribution in [3.05, 3.63) is 0 Å². The fraction of sp³-hybridized carbons (Fsp3) is 1.00. The van der Waals surface area contributed by atoms with E-state index in [4.69, 9.17) is 4.74 Å². The molecule has 0 bridgehead atoms. The minimum absolute atomic E-state index is 0.0243. The number of alkyl halides is 3. The van der Waals surface area contributed by atoms with Crippen molar-refractivity contribution in [2.45, 2.75) is 6.18 Å². The van der Waals surface area contributed by atoms with Gasteiger partial charge in [-0.1, -0.05) is 0 Å². The molecule has 2 nitrogen and oxygen atoms in total. The molecule has 0 radical (unpaired) electrons. The Morgan fingerprint density at radius 2 is 2.09 bits per heavy atom. The maximum absolute atomic E-state index is 12.0. The third kappa shape index (κ3) is 2.67. The highest BCUT2D eigenvalue weighted by Crippen LogP contribution is 2.26. The summed E-state index contributed by atoms with van der Waals surface area (Å²) in [6.07, 6.45) is -4.13. The van der Waals surface area contributed by atoms with Crippen LogP contribution < -0.4 is 5.32 Å². The van der Waals surface area contributed by atoms with Crippen LogP contribution in [0.2, 0.25) is 0 Å². The number of nitrogens with one attached hydrogen (secondary N) is 1. The Hall–Kier alpha value is -0.290. The monoisotopic (exact) mass is 169 g/mol. The Balaban J connectivity index is 2.43. The molecular weight excluding hydrogens is 159 g/mol. The lowest BCUT2D eigenvalue weighted by atomic mass is 10.1. The standard InChI is InChI=1S/C6H10F3NO/c7-6(8,9)5-3-10-1-2-11-4-5/h5,10H,1-4H2. The third-order valence-electron chi connectivity index (χ3n) is 1.60. The maximum atomic E-state index is 12.0. The molecule has 1 heterocycles. The summed E-state index contributed by atoms with van der Waals surface area (Å²) < 4.78 is 40.8. The molecule has 1 atom stereocenters. The van der Waals surface area contributed by atoms with Crippen LogP contribution in [0.5, 0.6) is 0 Å². The van der Waals surface area contributed by atoms with Gasteiger partial charge in [-0.25, -0.2) is 0 Å². The van der Waals surface area contributed by atoms with E-state index in [1.165, 1.54) is 0 Å². The number of halogens is 3. The van der Waals surface area contributed by atoms with E-state index < -0.39 is 12.1 Å². The summed E-state index contributed by atoms with van der Waals surface area (Å²) in [4.78, 5) is 0. The van der Waals surface area contributed by atoms with Gasteiger partial charge in [-0.15, -0.1) is 0 Å². The molecule has 1 rings (SSSR count). The first-order valence-electron chi connectivity index (χ1n) is 3.46. The lowest BCUT2D eigenvalue weighted by Crippen LogP contribution is -2.34. The van der Waals surface area contributed by atoms with Gasteiger partial charge in [0.1, 0.15) is 0 Å². The van der Waals surface area contributed by atoms with Crippen molar-refractivity contribution < 1.29 is 17.9 Å². The zero-order chi connectivity index (χ0) is 8.32. The third-order valence-corrected chi connectivity index (χ3v) is 1.60. The van der Waals surface area contributed by atoms with E-state index in [1.54, 1.807) is 0 Å². The zero-order valence-electron chi connectivity index (χ0n) is 5.95.